The fraction of sp³-hybridized carbons (Fsp3) is 0.417. The van der Waals surface area contributed by atoms with E-state index in [4.69, 9.17) is 15.3 Å². The number of hydrazine groups is 1. The molecular weight excluding hydrogens is 234 g/mol. The Kier molecular flexibility index (Phi) is 4.79. The maximum atomic E-state index is 11.1. The van der Waals surface area contributed by atoms with Gasteiger partial charge in [0.05, 0.1) is 14.2 Å². The van der Waals surface area contributed by atoms with Gasteiger partial charge in [-0.2, -0.15) is 0 Å². The quantitative estimate of drug-likeness (QED) is 0.424. The van der Waals surface area contributed by atoms with Gasteiger partial charge in [-0.05, 0) is 31.0 Å². The summed E-state index contributed by atoms with van der Waals surface area (Å²) in [5.41, 5.74) is 4.84. The Labute approximate surface area is 106 Å². The van der Waals surface area contributed by atoms with Crippen LogP contribution in [0.2, 0.25) is 0 Å². The van der Waals surface area contributed by atoms with Gasteiger partial charge in [0.15, 0.2) is 0 Å². The predicted molar refractivity (Wildman–Crippen MR) is 68.6 cm³/mol. The lowest BCUT2D eigenvalue weighted by atomic mass is 10.0. The van der Waals surface area contributed by atoms with Crippen LogP contribution in [0.15, 0.2) is 6.07 Å². The second kappa shape index (κ2) is 6.11. The summed E-state index contributed by atoms with van der Waals surface area (Å²) in [6.45, 7) is 4.22. The lowest BCUT2D eigenvalue weighted by molar-refractivity contribution is 0.240. The number of nitrogens with two attached hydrogens (primary N) is 1. The van der Waals surface area contributed by atoms with E-state index in [1.54, 1.807) is 14.2 Å². The number of benzene rings is 1. The minimum atomic E-state index is -0.450. The van der Waals surface area contributed by atoms with Crippen LogP contribution in [0.1, 0.15) is 16.7 Å². The molecule has 0 fully saturated rings. The summed E-state index contributed by atoms with van der Waals surface area (Å²) in [4.78, 5) is 11.1. The number of methoxy groups -OCH3 is 2. The minimum absolute atomic E-state index is 0.309. The maximum absolute atomic E-state index is 11.1. The number of hydrogen-bond acceptors (Lipinski definition) is 4. The van der Waals surface area contributed by atoms with Crippen LogP contribution >= 0.6 is 0 Å². The molecule has 1 rings (SSSR count). The molecule has 2 amide bonds. The Balaban J connectivity index is 3.09. The highest BCUT2D eigenvalue weighted by Crippen LogP contribution is 2.33. The van der Waals surface area contributed by atoms with E-state index in [0.717, 1.165) is 28.2 Å². The Hall–Kier alpha value is -1.95. The average Bonchev–Trinajstić information content (AvgIpc) is 2.39. The lowest BCUT2D eigenvalue weighted by Gasteiger charge is -2.17. The van der Waals surface area contributed by atoms with Crippen molar-refractivity contribution in [2.45, 2.75) is 20.4 Å². The third-order valence-corrected chi connectivity index (χ3v) is 2.86. The van der Waals surface area contributed by atoms with E-state index in [9.17, 15) is 4.79 Å². The van der Waals surface area contributed by atoms with Crippen molar-refractivity contribution >= 4 is 6.03 Å². The molecule has 18 heavy (non-hydrogen) atoms. The summed E-state index contributed by atoms with van der Waals surface area (Å²) in [5.74, 6) is 6.50. The second-order valence-corrected chi connectivity index (χ2v) is 3.85. The van der Waals surface area contributed by atoms with Gasteiger partial charge in [-0.15, -0.1) is 0 Å². The number of carbonyl (C=O) groups excluding carboxylic acids is 1. The van der Waals surface area contributed by atoms with Gasteiger partial charge in [0, 0.05) is 12.1 Å². The van der Waals surface area contributed by atoms with Crippen molar-refractivity contribution in [1.82, 2.24) is 10.7 Å². The molecule has 0 saturated carbocycles. The fourth-order valence-electron chi connectivity index (χ4n) is 1.78. The minimum Gasteiger partial charge on any atom is -0.496 e. The zero-order valence-corrected chi connectivity index (χ0v) is 11.1. The monoisotopic (exact) mass is 253 g/mol. The first kappa shape index (κ1) is 14.1. The molecule has 0 atom stereocenters. The molecule has 1 aromatic carbocycles. The van der Waals surface area contributed by atoms with Gasteiger partial charge in [0.25, 0.3) is 0 Å². The van der Waals surface area contributed by atoms with Crippen molar-refractivity contribution in [2.75, 3.05) is 14.2 Å². The summed E-state index contributed by atoms with van der Waals surface area (Å²) >= 11 is 0. The van der Waals surface area contributed by atoms with Crippen LogP contribution in [0.4, 0.5) is 4.79 Å². The number of nitrogens with one attached hydrogen (secondary N) is 2. The number of hydrogen-bond donors (Lipinski definition) is 3. The van der Waals surface area contributed by atoms with Gasteiger partial charge in [-0.3, -0.25) is 5.43 Å². The van der Waals surface area contributed by atoms with E-state index in [1.807, 2.05) is 25.3 Å². The zero-order chi connectivity index (χ0) is 13.7. The molecule has 0 aromatic heterocycles. The summed E-state index contributed by atoms with van der Waals surface area (Å²) in [6, 6.07) is 1.40. The molecule has 4 N–H and O–H groups in total. The molecule has 6 nitrogen and oxygen atoms in total. The molecule has 0 radical (unpaired) electrons. The predicted octanol–water partition coefficient (Wildman–Crippen LogP) is 0.994. The standard InChI is InChI=1S/C12H19N3O3/c1-7-8(2)11(18-4)9(5-10(7)17-3)6-14-12(16)15-13/h5H,6,13H2,1-4H3,(H2,14,15,16). The third-order valence-electron chi connectivity index (χ3n) is 2.86. The molecule has 0 aliphatic rings. The van der Waals surface area contributed by atoms with Crippen LogP contribution in [-0.4, -0.2) is 20.3 Å². The Morgan fingerprint density at radius 1 is 1.28 bits per heavy atom. The first-order valence-corrected chi connectivity index (χ1v) is 5.50. The molecule has 1 aromatic rings. The summed E-state index contributed by atoms with van der Waals surface area (Å²) in [7, 11) is 3.21. The van der Waals surface area contributed by atoms with Gasteiger partial charge in [-0.25, -0.2) is 10.6 Å². The van der Waals surface area contributed by atoms with Crippen molar-refractivity contribution in [3.8, 4) is 11.5 Å². The molecule has 0 unspecified atom stereocenters. The first-order chi connectivity index (χ1) is 8.54. The Morgan fingerprint density at radius 2 is 1.94 bits per heavy atom. The number of carbonyl (C=O) groups is 1. The third kappa shape index (κ3) is 2.84. The van der Waals surface area contributed by atoms with Crippen LogP contribution in [0, 0.1) is 13.8 Å². The van der Waals surface area contributed by atoms with Crippen molar-refractivity contribution in [3.63, 3.8) is 0 Å². The van der Waals surface area contributed by atoms with Crippen LogP contribution in [0.25, 0.3) is 0 Å². The number of amides is 2. The average molecular weight is 253 g/mol. The largest absolute Gasteiger partial charge is 0.496 e. The molecule has 0 saturated heterocycles. The van der Waals surface area contributed by atoms with Gasteiger partial charge in [0.1, 0.15) is 11.5 Å². The highest BCUT2D eigenvalue weighted by atomic mass is 16.5. The summed E-state index contributed by atoms with van der Waals surface area (Å²) in [5, 5.41) is 2.61. The molecule has 0 aliphatic heterocycles. The highest BCUT2D eigenvalue weighted by Gasteiger charge is 2.14. The Morgan fingerprint density at radius 3 is 2.44 bits per heavy atom. The van der Waals surface area contributed by atoms with Crippen LogP contribution < -0.4 is 26.1 Å². The highest BCUT2D eigenvalue weighted by molar-refractivity contribution is 5.73. The molecular formula is C12H19N3O3. The van der Waals surface area contributed by atoms with E-state index >= 15 is 0 Å². The topological polar surface area (TPSA) is 85.6 Å². The van der Waals surface area contributed by atoms with E-state index < -0.39 is 6.03 Å². The van der Waals surface area contributed by atoms with E-state index in [1.165, 1.54) is 0 Å². The van der Waals surface area contributed by atoms with Crippen molar-refractivity contribution < 1.29 is 14.3 Å². The zero-order valence-electron chi connectivity index (χ0n) is 11.1. The van der Waals surface area contributed by atoms with Crippen LogP contribution in [0.5, 0.6) is 11.5 Å². The van der Waals surface area contributed by atoms with E-state index in [2.05, 4.69) is 5.32 Å². The van der Waals surface area contributed by atoms with Crippen molar-refractivity contribution in [1.29, 1.82) is 0 Å². The van der Waals surface area contributed by atoms with Gasteiger partial charge >= 0.3 is 6.03 Å². The van der Waals surface area contributed by atoms with Crippen LogP contribution in [0.3, 0.4) is 0 Å². The van der Waals surface area contributed by atoms with Gasteiger partial charge in [0.2, 0.25) is 0 Å². The summed E-state index contributed by atoms with van der Waals surface area (Å²) in [6.07, 6.45) is 0. The second-order valence-electron chi connectivity index (χ2n) is 3.85. The van der Waals surface area contributed by atoms with Crippen molar-refractivity contribution in [3.05, 3.63) is 22.8 Å². The van der Waals surface area contributed by atoms with Crippen molar-refractivity contribution in [2.24, 2.45) is 5.84 Å². The van der Waals surface area contributed by atoms with Gasteiger partial charge < -0.3 is 14.8 Å². The fourth-order valence-corrected chi connectivity index (χ4v) is 1.78. The van der Waals surface area contributed by atoms with E-state index in [0.29, 0.717) is 6.54 Å². The molecule has 0 heterocycles. The molecule has 0 aliphatic carbocycles. The Bertz CT molecular complexity index is 447. The van der Waals surface area contributed by atoms with Crippen LogP contribution in [-0.2, 0) is 6.54 Å². The number of rotatable bonds is 4. The first-order valence-electron chi connectivity index (χ1n) is 5.50. The maximum Gasteiger partial charge on any atom is 0.329 e. The molecule has 0 bridgehead atoms. The van der Waals surface area contributed by atoms with Gasteiger partial charge in [-0.1, -0.05) is 0 Å². The lowest BCUT2D eigenvalue weighted by Crippen LogP contribution is -2.39. The molecule has 6 heteroatoms. The number of urea groups is 1. The SMILES string of the molecule is COc1cc(CNC(=O)NN)c(OC)c(C)c1C. The van der Waals surface area contributed by atoms with E-state index in [-0.39, 0.29) is 0 Å². The number of ether oxygens (including phenoxy) is 2. The molecule has 0 spiro atoms. The smallest absolute Gasteiger partial charge is 0.329 e. The normalized spacial score (nSPS) is 9.83. The summed E-state index contributed by atoms with van der Waals surface area (Å²) < 4.78 is 10.7. The molecule has 100 valence electrons.